The van der Waals surface area contributed by atoms with Crippen LogP contribution in [0.1, 0.15) is 38.3 Å². The van der Waals surface area contributed by atoms with Crippen molar-refractivity contribution >= 4 is 11.9 Å². The number of carbonyl (C=O) groups is 1. The summed E-state index contributed by atoms with van der Waals surface area (Å²) in [5.74, 6) is 0.647. The minimum absolute atomic E-state index is 0.440. The summed E-state index contributed by atoms with van der Waals surface area (Å²) in [6.07, 6.45) is 4.47. The zero-order valence-corrected chi connectivity index (χ0v) is 10.5. The Hall–Kier alpha value is -1.58. The molecule has 0 radical (unpaired) electrons. The molecule has 1 N–H and O–H groups in total. The maximum Gasteiger partial charge on any atom is 0.413 e. The topological polar surface area (TPSA) is 51.2 Å². The van der Waals surface area contributed by atoms with E-state index in [1.807, 2.05) is 26.8 Å². The number of ether oxygens (including phenoxy) is 1. The fourth-order valence-electron chi connectivity index (χ4n) is 2.01. The zero-order chi connectivity index (χ0) is 12.5. The van der Waals surface area contributed by atoms with E-state index < -0.39 is 11.7 Å². The molecule has 0 saturated carbocycles. The molecular weight excluding hydrogens is 216 g/mol. The van der Waals surface area contributed by atoms with Crippen LogP contribution in [0.3, 0.4) is 0 Å². The highest BCUT2D eigenvalue weighted by Gasteiger charge is 2.20. The normalized spacial score (nSPS) is 14.3. The lowest BCUT2D eigenvalue weighted by atomic mass is 10.2. The van der Waals surface area contributed by atoms with Crippen LogP contribution in [-0.4, -0.2) is 16.7 Å². The highest BCUT2D eigenvalue weighted by molar-refractivity contribution is 5.84. The van der Waals surface area contributed by atoms with Gasteiger partial charge in [0.1, 0.15) is 11.4 Å². The molecule has 0 aliphatic heterocycles. The Morgan fingerprint density at radius 1 is 1.41 bits per heavy atom. The molecule has 0 bridgehead atoms. The number of hydrogen-bond acceptors (Lipinski definition) is 3. The van der Waals surface area contributed by atoms with Crippen LogP contribution in [0.2, 0.25) is 0 Å². The highest BCUT2D eigenvalue weighted by Crippen LogP contribution is 2.27. The summed E-state index contributed by atoms with van der Waals surface area (Å²) in [7, 11) is 0. The smallest absolute Gasteiger partial charge is 0.413 e. The van der Waals surface area contributed by atoms with Crippen LogP contribution in [-0.2, 0) is 17.6 Å². The van der Waals surface area contributed by atoms with Gasteiger partial charge in [-0.3, -0.25) is 5.32 Å². The number of amides is 1. The van der Waals surface area contributed by atoms with E-state index in [2.05, 4.69) is 10.3 Å². The fraction of sp³-hybridized carbons (Fsp3) is 0.538. The van der Waals surface area contributed by atoms with Gasteiger partial charge >= 0.3 is 6.09 Å². The van der Waals surface area contributed by atoms with Gasteiger partial charge in [-0.1, -0.05) is 0 Å². The van der Waals surface area contributed by atoms with Crippen molar-refractivity contribution < 1.29 is 9.53 Å². The Bertz CT molecular complexity index is 436. The van der Waals surface area contributed by atoms with Crippen LogP contribution < -0.4 is 5.32 Å². The van der Waals surface area contributed by atoms with E-state index in [9.17, 15) is 4.79 Å². The molecule has 2 rings (SSSR count). The molecule has 1 aromatic rings. The van der Waals surface area contributed by atoms with Crippen molar-refractivity contribution in [3.63, 3.8) is 0 Å². The van der Waals surface area contributed by atoms with Crippen molar-refractivity contribution in [2.24, 2.45) is 0 Å². The van der Waals surface area contributed by atoms with Gasteiger partial charge in [0, 0.05) is 6.20 Å². The standard InChI is InChI=1S/C13H18N2O2/c1-13(2,3)17-12(16)15-11-10-6-4-5-9(10)7-8-14-11/h7-8H,4-6H2,1-3H3,(H,14,15,16). The Labute approximate surface area is 101 Å². The largest absolute Gasteiger partial charge is 0.444 e. The van der Waals surface area contributed by atoms with Gasteiger partial charge in [-0.05, 0) is 57.2 Å². The number of carbonyl (C=O) groups excluding carboxylic acids is 1. The van der Waals surface area contributed by atoms with Gasteiger partial charge in [0.05, 0.1) is 0 Å². The molecule has 0 atom stereocenters. The third-order valence-corrected chi connectivity index (χ3v) is 2.65. The van der Waals surface area contributed by atoms with E-state index in [0.29, 0.717) is 5.82 Å². The molecule has 1 aliphatic carbocycles. The summed E-state index contributed by atoms with van der Waals surface area (Å²) in [4.78, 5) is 15.9. The first-order valence-corrected chi connectivity index (χ1v) is 5.92. The molecular formula is C13H18N2O2. The number of fused-ring (bicyclic) bond motifs is 1. The van der Waals surface area contributed by atoms with Crippen molar-refractivity contribution in [3.8, 4) is 0 Å². The fourth-order valence-corrected chi connectivity index (χ4v) is 2.01. The van der Waals surface area contributed by atoms with E-state index in [1.165, 1.54) is 5.56 Å². The van der Waals surface area contributed by atoms with Gasteiger partial charge < -0.3 is 4.74 Å². The highest BCUT2D eigenvalue weighted by atomic mass is 16.6. The predicted octanol–water partition coefficient (Wildman–Crippen LogP) is 2.92. The second-order valence-electron chi connectivity index (χ2n) is 5.28. The second kappa shape index (κ2) is 4.35. The number of hydrogen-bond donors (Lipinski definition) is 1. The number of nitrogens with zero attached hydrogens (tertiary/aromatic N) is 1. The summed E-state index contributed by atoms with van der Waals surface area (Å²) in [5, 5.41) is 2.73. The van der Waals surface area contributed by atoms with Crippen LogP contribution in [0, 0.1) is 0 Å². The molecule has 1 aromatic heterocycles. The second-order valence-corrected chi connectivity index (χ2v) is 5.28. The van der Waals surface area contributed by atoms with E-state index in [-0.39, 0.29) is 0 Å². The SMILES string of the molecule is CC(C)(C)OC(=O)Nc1nccc2c1CCC2. The summed E-state index contributed by atoms with van der Waals surface area (Å²) in [6.45, 7) is 5.53. The maximum atomic E-state index is 11.7. The van der Waals surface area contributed by atoms with E-state index in [1.54, 1.807) is 6.20 Å². The molecule has 1 aliphatic rings. The first-order chi connectivity index (χ1) is 7.96. The lowest BCUT2D eigenvalue weighted by Gasteiger charge is -2.20. The van der Waals surface area contributed by atoms with Crippen LogP contribution in [0.25, 0.3) is 0 Å². The minimum Gasteiger partial charge on any atom is -0.444 e. The third kappa shape index (κ3) is 2.96. The Kier molecular flexibility index (Phi) is 3.05. The lowest BCUT2D eigenvalue weighted by Crippen LogP contribution is -2.27. The van der Waals surface area contributed by atoms with Crippen molar-refractivity contribution in [1.29, 1.82) is 0 Å². The molecule has 0 aromatic carbocycles. The van der Waals surface area contributed by atoms with Crippen molar-refractivity contribution in [3.05, 3.63) is 23.4 Å². The summed E-state index contributed by atoms with van der Waals surface area (Å²) in [6, 6.07) is 2.02. The third-order valence-electron chi connectivity index (χ3n) is 2.65. The number of pyridine rings is 1. The summed E-state index contributed by atoms with van der Waals surface area (Å²) < 4.78 is 5.21. The van der Waals surface area contributed by atoms with Gasteiger partial charge in [0.25, 0.3) is 0 Å². The van der Waals surface area contributed by atoms with Crippen LogP contribution in [0.5, 0.6) is 0 Å². The van der Waals surface area contributed by atoms with Gasteiger partial charge in [-0.2, -0.15) is 0 Å². The van der Waals surface area contributed by atoms with Gasteiger partial charge in [0.15, 0.2) is 0 Å². The molecule has 4 heteroatoms. The van der Waals surface area contributed by atoms with E-state index in [0.717, 1.165) is 24.8 Å². The van der Waals surface area contributed by atoms with Crippen molar-refractivity contribution in [2.45, 2.75) is 45.6 Å². The number of nitrogens with one attached hydrogen (secondary N) is 1. The summed E-state index contributed by atoms with van der Waals surface area (Å²) >= 11 is 0. The minimum atomic E-state index is -0.484. The average Bonchev–Trinajstić information content (AvgIpc) is 2.63. The first-order valence-electron chi connectivity index (χ1n) is 5.92. The zero-order valence-electron chi connectivity index (χ0n) is 10.5. The molecule has 17 heavy (non-hydrogen) atoms. The molecule has 0 fully saturated rings. The van der Waals surface area contributed by atoms with Gasteiger partial charge in [-0.15, -0.1) is 0 Å². The predicted molar refractivity (Wildman–Crippen MR) is 66.1 cm³/mol. The van der Waals surface area contributed by atoms with Crippen LogP contribution in [0.4, 0.5) is 10.6 Å². The summed E-state index contributed by atoms with van der Waals surface area (Å²) in [5.41, 5.74) is 1.95. The molecule has 1 amide bonds. The number of aryl methyl sites for hydroxylation is 1. The number of rotatable bonds is 1. The maximum absolute atomic E-state index is 11.7. The lowest BCUT2D eigenvalue weighted by molar-refractivity contribution is 0.0635. The molecule has 4 nitrogen and oxygen atoms in total. The molecule has 1 heterocycles. The Morgan fingerprint density at radius 3 is 2.88 bits per heavy atom. The quantitative estimate of drug-likeness (QED) is 0.812. The monoisotopic (exact) mass is 234 g/mol. The molecule has 0 unspecified atom stereocenters. The Morgan fingerprint density at radius 2 is 2.18 bits per heavy atom. The first kappa shape index (κ1) is 11.9. The molecule has 92 valence electrons. The van der Waals surface area contributed by atoms with Crippen molar-refractivity contribution in [1.82, 2.24) is 4.98 Å². The molecule has 0 saturated heterocycles. The number of anilines is 1. The van der Waals surface area contributed by atoms with Crippen LogP contribution >= 0.6 is 0 Å². The van der Waals surface area contributed by atoms with Gasteiger partial charge in [0.2, 0.25) is 0 Å². The van der Waals surface area contributed by atoms with Crippen molar-refractivity contribution in [2.75, 3.05) is 5.32 Å². The van der Waals surface area contributed by atoms with Gasteiger partial charge in [-0.25, -0.2) is 9.78 Å². The average molecular weight is 234 g/mol. The Balaban J connectivity index is 2.10. The van der Waals surface area contributed by atoms with Crippen LogP contribution in [0.15, 0.2) is 12.3 Å². The number of aromatic nitrogens is 1. The molecule has 0 spiro atoms. The van der Waals surface area contributed by atoms with E-state index >= 15 is 0 Å². The van der Waals surface area contributed by atoms with E-state index in [4.69, 9.17) is 4.74 Å².